The normalized spacial score (nSPS) is 12.2. The van der Waals surface area contributed by atoms with Crippen molar-refractivity contribution in [2.24, 2.45) is 0 Å². The maximum Gasteiger partial charge on any atom is 0.285 e. The number of carbonyl (C=O) groups excluding carboxylic acids is 1. The van der Waals surface area contributed by atoms with Gasteiger partial charge in [-0.05, 0) is 26.3 Å². The smallest absolute Gasteiger partial charge is 0.272 e. The molecular formula is C13H19NO4S. The Morgan fingerprint density at radius 2 is 1.74 bits per heavy atom. The van der Waals surface area contributed by atoms with E-state index < -0.39 is 21.6 Å². The van der Waals surface area contributed by atoms with E-state index in [-0.39, 0.29) is 6.42 Å². The lowest BCUT2D eigenvalue weighted by molar-refractivity contribution is -0.172. The molecule has 0 radical (unpaired) electrons. The molecule has 1 amide bonds. The molecule has 0 bridgehead atoms. The van der Waals surface area contributed by atoms with Crippen LogP contribution in [0.5, 0.6) is 0 Å². The lowest BCUT2D eigenvalue weighted by atomic mass is 10.1. The monoisotopic (exact) mass is 285 g/mol. The van der Waals surface area contributed by atoms with Crippen molar-refractivity contribution >= 4 is 16.0 Å². The van der Waals surface area contributed by atoms with Crippen LogP contribution in [0.4, 0.5) is 0 Å². The molecule has 0 N–H and O–H groups in total. The Morgan fingerprint density at radius 3 is 2.16 bits per heavy atom. The summed E-state index contributed by atoms with van der Waals surface area (Å²) in [5.41, 5.74) is 0.0634. The predicted molar refractivity (Wildman–Crippen MR) is 72.7 cm³/mol. The molecule has 19 heavy (non-hydrogen) atoms. The number of hydroxylamine groups is 2. The first-order valence-corrected chi connectivity index (χ1v) is 7.68. The minimum absolute atomic E-state index is 0.0909. The van der Waals surface area contributed by atoms with Crippen LogP contribution in [0.2, 0.25) is 0 Å². The summed E-state index contributed by atoms with van der Waals surface area (Å²) in [6.45, 7) is 5.13. The second-order valence-electron chi connectivity index (χ2n) is 5.30. The van der Waals surface area contributed by atoms with E-state index in [1.165, 1.54) is 0 Å². The molecule has 1 rings (SSSR count). The highest BCUT2D eigenvalue weighted by Crippen LogP contribution is 2.17. The van der Waals surface area contributed by atoms with Gasteiger partial charge in [0.15, 0.2) is 0 Å². The SMILES string of the molecule is CC(C)(C)N(OS(C)(=O)=O)C(=O)Cc1ccccc1. The van der Waals surface area contributed by atoms with Crippen LogP contribution in [0.3, 0.4) is 0 Å². The fourth-order valence-electron chi connectivity index (χ4n) is 1.51. The second kappa shape index (κ2) is 5.71. The molecule has 5 nitrogen and oxygen atoms in total. The van der Waals surface area contributed by atoms with E-state index in [2.05, 4.69) is 0 Å². The van der Waals surface area contributed by atoms with Crippen molar-refractivity contribution in [3.8, 4) is 0 Å². The summed E-state index contributed by atoms with van der Waals surface area (Å²) in [7, 11) is -3.74. The zero-order valence-corrected chi connectivity index (χ0v) is 12.4. The molecule has 0 saturated heterocycles. The van der Waals surface area contributed by atoms with E-state index in [9.17, 15) is 13.2 Å². The fraction of sp³-hybridized carbons (Fsp3) is 0.462. The molecule has 0 aliphatic heterocycles. The second-order valence-corrected chi connectivity index (χ2v) is 6.86. The van der Waals surface area contributed by atoms with Gasteiger partial charge in [-0.15, -0.1) is 4.28 Å². The maximum atomic E-state index is 12.2. The number of nitrogens with zero attached hydrogens (tertiary/aromatic N) is 1. The van der Waals surface area contributed by atoms with Gasteiger partial charge in [0.25, 0.3) is 16.0 Å². The van der Waals surface area contributed by atoms with E-state index in [0.717, 1.165) is 16.9 Å². The molecule has 6 heteroatoms. The Morgan fingerprint density at radius 1 is 1.21 bits per heavy atom. The van der Waals surface area contributed by atoms with Gasteiger partial charge >= 0.3 is 0 Å². The first-order chi connectivity index (χ1) is 8.59. The molecule has 1 aromatic rings. The zero-order chi connectivity index (χ0) is 14.7. The highest BCUT2D eigenvalue weighted by molar-refractivity contribution is 7.85. The summed E-state index contributed by atoms with van der Waals surface area (Å²) in [5.74, 6) is -0.399. The predicted octanol–water partition coefficient (Wildman–Crippen LogP) is 1.75. The minimum Gasteiger partial charge on any atom is -0.272 e. The number of amides is 1. The van der Waals surface area contributed by atoms with Gasteiger partial charge in [-0.2, -0.15) is 13.5 Å². The zero-order valence-electron chi connectivity index (χ0n) is 11.6. The van der Waals surface area contributed by atoms with E-state index >= 15 is 0 Å². The van der Waals surface area contributed by atoms with Crippen molar-refractivity contribution in [1.82, 2.24) is 5.06 Å². The molecule has 0 unspecified atom stereocenters. The summed E-state index contributed by atoms with van der Waals surface area (Å²) >= 11 is 0. The number of hydrogen-bond acceptors (Lipinski definition) is 4. The Hall–Kier alpha value is -1.40. The molecule has 0 fully saturated rings. The molecule has 0 aliphatic carbocycles. The van der Waals surface area contributed by atoms with Gasteiger partial charge in [-0.3, -0.25) is 4.79 Å². The van der Waals surface area contributed by atoms with E-state index in [4.69, 9.17) is 4.28 Å². The first kappa shape index (κ1) is 15.7. The average Bonchev–Trinajstić information content (AvgIpc) is 2.24. The highest BCUT2D eigenvalue weighted by atomic mass is 32.2. The summed E-state index contributed by atoms with van der Waals surface area (Å²) in [4.78, 5) is 12.2. The van der Waals surface area contributed by atoms with Crippen molar-refractivity contribution in [1.29, 1.82) is 0 Å². The van der Waals surface area contributed by atoms with Crippen molar-refractivity contribution in [3.05, 3.63) is 35.9 Å². The molecule has 106 valence electrons. The van der Waals surface area contributed by atoms with Crippen molar-refractivity contribution < 1.29 is 17.5 Å². The lowest BCUT2D eigenvalue weighted by Gasteiger charge is -2.32. The van der Waals surface area contributed by atoms with Crippen molar-refractivity contribution in [3.63, 3.8) is 0 Å². The third-order valence-electron chi connectivity index (χ3n) is 2.24. The average molecular weight is 285 g/mol. The summed E-state index contributed by atoms with van der Waals surface area (Å²) in [5, 5.41) is 0.912. The molecule has 0 atom stereocenters. The number of hydrogen-bond donors (Lipinski definition) is 0. The minimum atomic E-state index is -3.74. The Kier molecular flexibility index (Phi) is 4.70. The van der Waals surface area contributed by atoms with E-state index in [0.29, 0.717) is 0 Å². The van der Waals surface area contributed by atoms with Crippen LogP contribution >= 0.6 is 0 Å². The number of carbonyl (C=O) groups is 1. The van der Waals surface area contributed by atoms with Crippen LogP contribution in [-0.2, 0) is 25.6 Å². The van der Waals surface area contributed by atoms with Gasteiger partial charge in [0.05, 0.1) is 18.2 Å². The van der Waals surface area contributed by atoms with Crippen molar-refractivity contribution in [2.45, 2.75) is 32.7 Å². The van der Waals surface area contributed by atoms with E-state index in [1.54, 1.807) is 32.9 Å². The van der Waals surface area contributed by atoms with Crippen molar-refractivity contribution in [2.75, 3.05) is 6.26 Å². The number of benzene rings is 1. The Labute approximate surface area is 114 Å². The van der Waals surface area contributed by atoms with Gasteiger partial charge in [0.2, 0.25) is 0 Å². The molecule has 1 aromatic carbocycles. The van der Waals surface area contributed by atoms with E-state index in [1.807, 2.05) is 18.2 Å². The largest absolute Gasteiger partial charge is 0.285 e. The highest BCUT2D eigenvalue weighted by Gasteiger charge is 2.30. The van der Waals surface area contributed by atoms with Gasteiger partial charge < -0.3 is 0 Å². The molecule has 0 heterocycles. The third kappa shape index (κ3) is 5.40. The molecule has 0 aromatic heterocycles. The van der Waals surface area contributed by atoms with Crippen LogP contribution < -0.4 is 0 Å². The fourth-order valence-corrected chi connectivity index (χ4v) is 2.08. The lowest BCUT2D eigenvalue weighted by Crippen LogP contribution is -2.47. The van der Waals surface area contributed by atoms with Gasteiger partial charge in [0.1, 0.15) is 0 Å². The van der Waals surface area contributed by atoms with Gasteiger partial charge in [-0.25, -0.2) is 0 Å². The first-order valence-electron chi connectivity index (χ1n) is 5.86. The Bertz CT molecular complexity index is 532. The molecule has 0 aliphatic rings. The number of rotatable bonds is 4. The molecule has 0 saturated carbocycles. The maximum absolute atomic E-state index is 12.2. The van der Waals surface area contributed by atoms with Crippen LogP contribution in [0, 0.1) is 0 Å². The standard InChI is InChI=1S/C13H19NO4S/c1-13(2,3)14(18-19(4,16)17)12(15)10-11-8-6-5-7-9-11/h5-9H,10H2,1-4H3. The van der Waals surface area contributed by atoms with Crippen LogP contribution in [0.1, 0.15) is 26.3 Å². The summed E-state index contributed by atoms with van der Waals surface area (Å²) in [6.07, 6.45) is 1.01. The molecular weight excluding hydrogens is 266 g/mol. The summed E-state index contributed by atoms with van der Waals surface area (Å²) < 4.78 is 27.3. The van der Waals surface area contributed by atoms with Crippen LogP contribution in [0.25, 0.3) is 0 Å². The quantitative estimate of drug-likeness (QED) is 0.791. The van der Waals surface area contributed by atoms with Crippen LogP contribution in [0.15, 0.2) is 30.3 Å². The van der Waals surface area contributed by atoms with Crippen LogP contribution in [-0.4, -0.2) is 31.2 Å². The molecule has 0 spiro atoms. The Balaban J connectivity index is 2.90. The summed E-state index contributed by atoms with van der Waals surface area (Å²) in [6, 6.07) is 9.10. The van der Waals surface area contributed by atoms with Gasteiger partial charge in [-0.1, -0.05) is 30.3 Å². The third-order valence-corrected chi connectivity index (χ3v) is 2.66. The van der Waals surface area contributed by atoms with Gasteiger partial charge in [0, 0.05) is 0 Å². The topological polar surface area (TPSA) is 63.7 Å².